The minimum atomic E-state index is -5.19. The van der Waals surface area contributed by atoms with Crippen LogP contribution in [0.1, 0.15) is 63.5 Å². The van der Waals surface area contributed by atoms with Gasteiger partial charge in [-0.05, 0) is 25.0 Å². The second-order valence-corrected chi connectivity index (χ2v) is 11.6. The topological polar surface area (TPSA) is 161 Å². The van der Waals surface area contributed by atoms with E-state index >= 15 is 0 Å². The van der Waals surface area contributed by atoms with Gasteiger partial charge in [0, 0.05) is 45.1 Å². The van der Waals surface area contributed by atoms with Gasteiger partial charge in [-0.25, -0.2) is 9.59 Å². The number of benzene rings is 2. The number of hydrogen-bond donors (Lipinski definition) is 0. The third-order valence-electron chi connectivity index (χ3n) is 8.89. The Morgan fingerprint density at radius 3 is 1.62 bits per heavy atom. The van der Waals surface area contributed by atoms with Gasteiger partial charge >= 0.3 is 47.9 Å². The molecule has 2 unspecified atom stereocenters. The largest absolute Gasteiger partial charge is 1.00 e. The summed E-state index contributed by atoms with van der Waals surface area (Å²) in [5.74, 6) is -3.49. The first-order valence-corrected chi connectivity index (χ1v) is 16.0. The van der Waals surface area contributed by atoms with Gasteiger partial charge < -0.3 is 48.0 Å². The van der Waals surface area contributed by atoms with E-state index in [-0.39, 0.29) is 48.9 Å². The zero-order chi connectivity index (χ0) is 36.1. The van der Waals surface area contributed by atoms with Gasteiger partial charge in [0.2, 0.25) is 5.60 Å². The number of alkyl halides is 3. The molecule has 12 nitrogen and oxygen atoms in total. The Morgan fingerprint density at radius 1 is 0.780 bits per heavy atom. The number of aliphatic carboxylic acids is 1. The number of rotatable bonds is 9. The summed E-state index contributed by atoms with van der Waals surface area (Å²) in [6.07, 6.45) is -0.838. The number of quaternary nitrogens is 1. The van der Waals surface area contributed by atoms with E-state index in [1.165, 1.54) is 43.3 Å². The quantitative estimate of drug-likeness (QED) is 0.117. The van der Waals surface area contributed by atoms with Gasteiger partial charge in [-0.15, -0.1) is 0 Å². The van der Waals surface area contributed by atoms with Gasteiger partial charge in [-0.2, -0.15) is 13.2 Å². The monoisotopic (exact) mass is 719 g/mol. The maximum absolute atomic E-state index is 14.2. The third kappa shape index (κ3) is 11.1. The Hall–Kier alpha value is -3.37. The number of ether oxygens (including phenoxy) is 5. The maximum atomic E-state index is 14.2. The van der Waals surface area contributed by atoms with E-state index < -0.39 is 42.8 Å². The van der Waals surface area contributed by atoms with Crippen molar-refractivity contribution in [2.75, 3.05) is 33.1 Å². The molecule has 0 radical (unpaired) electrons. The molecule has 3 saturated heterocycles. The summed E-state index contributed by atoms with van der Waals surface area (Å²) in [4.78, 5) is 44.1. The first kappa shape index (κ1) is 42.8. The van der Waals surface area contributed by atoms with Crippen molar-refractivity contribution in [3.8, 4) is 0 Å². The molecule has 1 spiro atoms. The molecule has 3 fully saturated rings. The third-order valence-corrected chi connectivity index (χ3v) is 8.89. The van der Waals surface area contributed by atoms with Gasteiger partial charge in [0.1, 0.15) is 12.1 Å². The summed E-state index contributed by atoms with van der Waals surface area (Å²) in [5, 5.41) is 18.1. The van der Waals surface area contributed by atoms with Crippen molar-refractivity contribution < 1.29 is 100 Å². The van der Waals surface area contributed by atoms with Crippen molar-refractivity contribution >= 4 is 24.2 Å². The summed E-state index contributed by atoms with van der Waals surface area (Å²) < 4.78 is 59.1. The van der Waals surface area contributed by atoms with E-state index in [0.717, 1.165) is 12.8 Å². The molecule has 50 heavy (non-hydrogen) atoms. The molecule has 0 aliphatic carbocycles. The zero-order valence-corrected chi connectivity index (χ0v) is 30.4. The van der Waals surface area contributed by atoms with E-state index in [2.05, 4.69) is 4.74 Å². The van der Waals surface area contributed by atoms with Gasteiger partial charge in [0.25, 0.3) is 6.16 Å². The summed E-state index contributed by atoms with van der Waals surface area (Å²) in [6.45, 7) is 5.72. The maximum Gasteiger partial charge on any atom is 1.00 e. The second kappa shape index (κ2) is 19.9. The average molecular weight is 720 g/mol. The van der Waals surface area contributed by atoms with Crippen LogP contribution in [0.15, 0.2) is 60.7 Å². The Labute approximate surface area is 310 Å². The minimum absolute atomic E-state index is 0. The summed E-state index contributed by atoms with van der Waals surface area (Å²) >= 11 is 0. The molecule has 270 valence electrons. The van der Waals surface area contributed by atoms with E-state index in [1.54, 1.807) is 13.8 Å². The minimum Gasteiger partial charge on any atom is -0.550 e. The SMILES string of the molecule is CCOC(=O)OCOC(C(=O)OC1CC2CCC(C1)[N+]21CCCC1)(c1ccccc1)c1ccccc1.CCOC(=O)[O-].O=C([O-])C(F)(F)F.[Na+]. The van der Waals surface area contributed by atoms with Crippen molar-refractivity contribution in [3.05, 3.63) is 71.8 Å². The van der Waals surface area contributed by atoms with Crippen LogP contribution < -0.4 is 39.8 Å². The van der Waals surface area contributed by atoms with Crippen LogP contribution in [0, 0.1) is 0 Å². The molecule has 0 N–H and O–H groups in total. The molecule has 2 aromatic rings. The molecule has 0 aromatic heterocycles. The smallest absolute Gasteiger partial charge is 0.550 e. The number of halogens is 3. The fourth-order valence-electron chi connectivity index (χ4n) is 6.96. The Morgan fingerprint density at radius 2 is 1.24 bits per heavy atom. The number of carbonyl (C=O) groups is 4. The second-order valence-electron chi connectivity index (χ2n) is 11.6. The van der Waals surface area contributed by atoms with Crippen LogP contribution in [0.25, 0.3) is 0 Å². The predicted octanol–water partition coefficient (Wildman–Crippen LogP) is 0.593. The number of esters is 1. The Kier molecular flexibility index (Phi) is 17.0. The van der Waals surface area contributed by atoms with Crippen LogP contribution in [0.5, 0.6) is 0 Å². The van der Waals surface area contributed by atoms with Crippen LogP contribution in [-0.2, 0) is 38.9 Å². The molecule has 0 saturated carbocycles. The number of carboxylic acid groups (broad SMARTS) is 2. The first-order valence-electron chi connectivity index (χ1n) is 16.0. The van der Waals surface area contributed by atoms with Crippen molar-refractivity contribution in [1.29, 1.82) is 0 Å². The molecular weight excluding hydrogens is 678 g/mol. The predicted molar refractivity (Wildman–Crippen MR) is 161 cm³/mol. The van der Waals surface area contributed by atoms with Gasteiger partial charge in [-0.3, -0.25) is 0 Å². The molecule has 16 heteroatoms. The van der Waals surface area contributed by atoms with Crippen LogP contribution in [0.3, 0.4) is 0 Å². The van der Waals surface area contributed by atoms with E-state index in [1.807, 2.05) is 60.7 Å². The number of hydrogen-bond acceptors (Lipinski definition) is 11. The fourth-order valence-corrected chi connectivity index (χ4v) is 6.96. The van der Waals surface area contributed by atoms with Gasteiger partial charge in [0.15, 0.2) is 6.79 Å². The molecular formula is C34H41F3NNaO11. The molecule has 5 rings (SSSR count). The van der Waals surface area contributed by atoms with Crippen LogP contribution >= 0.6 is 0 Å². The summed E-state index contributed by atoms with van der Waals surface area (Å²) in [5.41, 5.74) is -0.336. The Bertz CT molecular complexity index is 1320. The summed E-state index contributed by atoms with van der Waals surface area (Å²) in [6, 6.07) is 19.7. The molecule has 3 aliphatic rings. The molecule has 3 aliphatic heterocycles. The van der Waals surface area contributed by atoms with Crippen molar-refractivity contribution in [2.45, 2.75) is 82.3 Å². The molecule has 0 amide bonds. The molecule has 2 aromatic carbocycles. The van der Waals surface area contributed by atoms with Crippen LogP contribution in [0.4, 0.5) is 22.8 Å². The standard InChI is InChI=1S/C29H36NO6.C3H6O3.C2HF3O2.Na/c1-2-33-28(32)34-21-35-29(22-11-5-3-6-12-22,23-13-7-4-8-14-23)27(31)36-26-19-24-15-16-25(20-26)30(24)17-9-10-18-30;1-2-6-3(4)5;3-2(4,5)1(6)7;/h3-8,11-14,24-26H,2,9-10,15-21H2,1H3;2H2,1H3,(H,4,5);(H,6,7);/q+1;;;+1/p-2. The molecule has 3 heterocycles. The molecule has 2 atom stereocenters. The van der Waals surface area contributed by atoms with Crippen molar-refractivity contribution in [1.82, 2.24) is 0 Å². The first-order chi connectivity index (χ1) is 23.3. The van der Waals surface area contributed by atoms with Crippen molar-refractivity contribution in [2.24, 2.45) is 0 Å². The van der Waals surface area contributed by atoms with Gasteiger partial charge in [-0.1, -0.05) is 60.7 Å². The van der Waals surface area contributed by atoms with Gasteiger partial charge in [0.05, 0.1) is 31.8 Å². The average Bonchev–Trinajstić information content (AvgIpc) is 3.60. The zero-order valence-electron chi connectivity index (χ0n) is 28.4. The number of nitrogens with zero attached hydrogens (tertiary/aromatic N) is 1. The Balaban J connectivity index is 0.000000529. The normalized spacial score (nSPS) is 20.1. The van der Waals surface area contributed by atoms with Crippen LogP contribution in [0.2, 0.25) is 0 Å². The number of piperidine rings is 1. The van der Waals surface area contributed by atoms with E-state index in [9.17, 15) is 32.7 Å². The number of carboxylic acids is 1. The number of carbonyl (C=O) groups excluding carboxylic acids is 4. The van der Waals surface area contributed by atoms with E-state index in [4.69, 9.17) is 28.8 Å². The summed E-state index contributed by atoms with van der Waals surface area (Å²) in [7, 11) is 0. The van der Waals surface area contributed by atoms with Crippen molar-refractivity contribution in [3.63, 3.8) is 0 Å². The fraction of sp³-hybridized carbons (Fsp3) is 0.529. The molecule has 2 bridgehead atoms. The van der Waals surface area contributed by atoms with E-state index in [0.29, 0.717) is 23.2 Å². The van der Waals surface area contributed by atoms with Crippen LogP contribution in [-0.4, -0.2) is 86.2 Å².